The van der Waals surface area contributed by atoms with Crippen LogP contribution in [0.1, 0.15) is 52.9 Å². The minimum absolute atomic E-state index is 0.0164. The molecule has 1 aliphatic carbocycles. The van der Waals surface area contributed by atoms with Crippen LogP contribution in [-0.4, -0.2) is 11.9 Å². The smallest absolute Gasteiger partial charge is 0.224 e. The average molecular weight is 309 g/mol. The van der Waals surface area contributed by atoms with Crippen molar-refractivity contribution in [1.82, 2.24) is 0 Å². The fourth-order valence-corrected chi connectivity index (χ4v) is 2.90. The number of halogens is 1. The van der Waals surface area contributed by atoms with E-state index in [0.29, 0.717) is 22.9 Å². The zero-order valence-electron chi connectivity index (χ0n) is 13.1. The minimum Gasteiger partial charge on any atom is -0.381 e. The molecule has 0 atom stereocenters. The lowest BCUT2D eigenvalue weighted by atomic mass is 9.75. The van der Waals surface area contributed by atoms with E-state index < -0.39 is 0 Å². The molecular formula is C17H25ClN2O. The topological polar surface area (TPSA) is 41.1 Å². The molecule has 0 spiro atoms. The third-order valence-electron chi connectivity index (χ3n) is 4.27. The number of anilines is 2. The molecule has 0 heterocycles. The second-order valence-electron chi connectivity index (χ2n) is 6.68. The summed E-state index contributed by atoms with van der Waals surface area (Å²) in [7, 11) is 0. The molecule has 1 amide bonds. The van der Waals surface area contributed by atoms with Crippen molar-refractivity contribution in [2.24, 2.45) is 5.41 Å². The maximum absolute atomic E-state index is 11.5. The molecule has 1 fully saturated rings. The van der Waals surface area contributed by atoms with Crippen molar-refractivity contribution in [2.45, 2.75) is 58.9 Å². The Hall–Kier alpha value is -1.22. The van der Waals surface area contributed by atoms with Gasteiger partial charge in [-0.25, -0.2) is 0 Å². The number of nitrogens with one attached hydrogen (secondary N) is 2. The van der Waals surface area contributed by atoms with Gasteiger partial charge in [0, 0.05) is 18.2 Å². The average Bonchev–Trinajstić information content (AvgIpc) is 2.44. The molecule has 1 aromatic carbocycles. The summed E-state index contributed by atoms with van der Waals surface area (Å²) in [6, 6.07) is 6.07. The lowest BCUT2D eigenvalue weighted by Gasteiger charge is -2.35. The van der Waals surface area contributed by atoms with Gasteiger partial charge in [0.2, 0.25) is 5.91 Å². The van der Waals surface area contributed by atoms with Crippen LogP contribution < -0.4 is 10.6 Å². The first-order chi connectivity index (χ1) is 9.89. The van der Waals surface area contributed by atoms with Gasteiger partial charge >= 0.3 is 0 Å². The Morgan fingerprint density at radius 3 is 2.62 bits per heavy atom. The van der Waals surface area contributed by atoms with Crippen LogP contribution in [0.2, 0.25) is 5.02 Å². The molecule has 2 N–H and O–H groups in total. The van der Waals surface area contributed by atoms with E-state index in [1.54, 1.807) is 0 Å². The molecule has 3 nitrogen and oxygen atoms in total. The predicted molar refractivity (Wildman–Crippen MR) is 90.0 cm³/mol. The number of amides is 1. The van der Waals surface area contributed by atoms with E-state index in [-0.39, 0.29) is 5.91 Å². The van der Waals surface area contributed by atoms with E-state index in [2.05, 4.69) is 24.5 Å². The second-order valence-corrected chi connectivity index (χ2v) is 7.09. The Morgan fingerprint density at radius 2 is 2.00 bits per heavy atom. The fraction of sp³-hybridized carbons (Fsp3) is 0.588. The summed E-state index contributed by atoms with van der Waals surface area (Å²) in [5.74, 6) is 0.0164. The molecule has 0 radical (unpaired) electrons. The highest BCUT2D eigenvalue weighted by Gasteiger charge is 2.26. The van der Waals surface area contributed by atoms with Crippen LogP contribution in [0.5, 0.6) is 0 Å². The van der Waals surface area contributed by atoms with Gasteiger partial charge in [0.25, 0.3) is 0 Å². The lowest BCUT2D eigenvalue weighted by molar-refractivity contribution is -0.115. The minimum atomic E-state index is 0.0164. The van der Waals surface area contributed by atoms with Crippen molar-refractivity contribution in [2.75, 3.05) is 10.6 Å². The highest BCUT2D eigenvalue weighted by molar-refractivity contribution is 6.33. The Balaban J connectivity index is 2.02. The maximum Gasteiger partial charge on any atom is 0.224 e. The van der Waals surface area contributed by atoms with Gasteiger partial charge in [-0.05, 0) is 49.3 Å². The molecule has 1 aliphatic rings. The SMILES string of the molecule is CCC(=O)Nc1ccc(Cl)c(NC2CCC(C)(C)CC2)c1. The predicted octanol–water partition coefficient (Wildman–Crippen LogP) is 5.07. The van der Waals surface area contributed by atoms with Gasteiger partial charge < -0.3 is 10.6 Å². The molecular weight excluding hydrogens is 284 g/mol. The van der Waals surface area contributed by atoms with Crippen molar-refractivity contribution in [3.05, 3.63) is 23.2 Å². The first-order valence-corrected chi connectivity index (χ1v) is 8.13. The van der Waals surface area contributed by atoms with E-state index in [4.69, 9.17) is 11.6 Å². The van der Waals surface area contributed by atoms with E-state index in [1.165, 1.54) is 12.8 Å². The maximum atomic E-state index is 11.5. The summed E-state index contributed by atoms with van der Waals surface area (Å²) < 4.78 is 0. The summed E-state index contributed by atoms with van der Waals surface area (Å²) in [5, 5.41) is 7.11. The van der Waals surface area contributed by atoms with Crippen LogP contribution in [0.15, 0.2) is 18.2 Å². The van der Waals surface area contributed by atoms with Gasteiger partial charge in [0.1, 0.15) is 0 Å². The van der Waals surface area contributed by atoms with Gasteiger partial charge in [0.15, 0.2) is 0 Å². The third kappa shape index (κ3) is 4.63. The van der Waals surface area contributed by atoms with Crippen molar-refractivity contribution >= 4 is 28.9 Å². The number of hydrogen-bond acceptors (Lipinski definition) is 2. The molecule has 0 aromatic heterocycles. The van der Waals surface area contributed by atoms with Crippen LogP contribution in [-0.2, 0) is 4.79 Å². The number of carbonyl (C=O) groups excluding carboxylic acids is 1. The third-order valence-corrected chi connectivity index (χ3v) is 4.60. The van der Waals surface area contributed by atoms with E-state index in [0.717, 1.165) is 24.2 Å². The highest BCUT2D eigenvalue weighted by Crippen LogP contribution is 2.37. The van der Waals surface area contributed by atoms with E-state index >= 15 is 0 Å². The van der Waals surface area contributed by atoms with E-state index in [9.17, 15) is 4.79 Å². The molecule has 2 rings (SSSR count). The number of benzene rings is 1. The van der Waals surface area contributed by atoms with Crippen LogP contribution in [0.3, 0.4) is 0 Å². The Labute approximate surface area is 132 Å². The first kappa shape index (κ1) is 16.2. The standard InChI is InChI=1S/C17H25ClN2O/c1-4-16(21)20-13-5-6-14(18)15(11-13)19-12-7-9-17(2,3)10-8-12/h5-6,11-12,19H,4,7-10H2,1-3H3,(H,20,21). The first-order valence-electron chi connectivity index (χ1n) is 7.75. The normalized spacial score (nSPS) is 18.3. The van der Waals surface area contributed by atoms with Crippen molar-refractivity contribution in [3.63, 3.8) is 0 Å². The largest absolute Gasteiger partial charge is 0.381 e. The zero-order valence-corrected chi connectivity index (χ0v) is 13.9. The zero-order chi connectivity index (χ0) is 15.5. The van der Waals surface area contributed by atoms with Crippen LogP contribution >= 0.6 is 11.6 Å². The number of carbonyl (C=O) groups is 1. The van der Waals surface area contributed by atoms with Gasteiger partial charge in [-0.2, -0.15) is 0 Å². The molecule has 116 valence electrons. The Morgan fingerprint density at radius 1 is 1.33 bits per heavy atom. The van der Waals surface area contributed by atoms with Crippen molar-refractivity contribution in [1.29, 1.82) is 0 Å². The molecule has 4 heteroatoms. The summed E-state index contributed by atoms with van der Waals surface area (Å²) in [4.78, 5) is 11.5. The summed E-state index contributed by atoms with van der Waals surface area (Å²) in [6.07, 6.45) is 5.26. The summed E-state index contributed by atoms with van der Waals surface area (Å²) in [6.45, 7) is 6.50. The summed E-state index contributed by atoms with van der Waals surface area (Å²) in [5.41, 5.74) is 2.17. The molecule has 0 unspecified atom stereocenters. The van der Waals surface area contributed by atoms with Crippen molar-refractivity contribution in [3.8, 4) is 0 Å². The number of hydrogen-bond donors (Lipinski definition) is 2. The summed E-state index contributed by atoms with van der Waals surface area (Å²) >= 11 is 6.27. The van der Waals surface area contributed by atoms with Gasteiger partial charge in [0.05, 0.1) is 10.7 Å². The fourth-order valence-electron chi connectivity index (χ4n) is 2.73. The molecule has 0 bridgehead atoms. The molecule has 1 aromatic rings. The molecule has 0 aliphatic heterocycles. The highest BCUT2D eigenvalue weighted by atomic mass is 35.5. The van der Waals surface area contributed by atoms with Crippen LogP contribution in [0.4, 0.5) is 11.4 Å². The lowest BCUT2D eigenvalue weighted by Crippen LogP contribution is -2.30. The Bertz CT molecular complexity index is 504. The van der Waals surface area contributed by atoms with Gasteiger partial charge in [-0.15, -0.1) is 0 Å². The van der Waals surface area contributed by atoms with Gasteiger partial charge in [-0.1, -0.05) is 32.4 Å². The second kappa shape index (κ2) is 6.69. The quantitative estimate of drug-likeness (QED) is 0.815. The molecule has 0 saturated heterocycles. The number of rotatable bonds is 4. The monoisotopic (exact) mass is 308 g/mol. The van der Waals surface area contributed by atoms with Crippen molar-refractivity contribution < 1.29 is 4.79 Å². The van der Waals surface area contributed by atoms with E-state index in [1.807, 2.05) is 25.1 Å². The molecule has 1 saturated carbocycles. The van der Waals surface area contributed by atoms with Crippen LogP contribution in [0, 0.1) is 5.41 Å². The molecule has 21 heavy (non-hydrogen) atoms. The van der Waals surface area contributed by atoms with Gasteiger partial charge in [-0.3, -0.25) is 4.79 Å². The van der Waals surface area contributed by atoms with Crippen LogP contribution in [0.25, 0.3) is 0 Å². The Kier molecular flexibility index (Phi) is 5.15.